The Bertz CT molecular complexity index is 550. The second kappa shape index (κ2) is 11.8. The zero-order chi connectivity index (χ0) is 18.6. The van der Waals surface area contributed by atoms with E-state index in [0.717, 1.165) is 19.5 Å². The Morgan fingerprint density at radius 1 is 1.19 bits per heavy atom. The molecule has 7 heteroatoms. The molecule has 6 nitrogen and oxygen atoms in total. The highest BCUT2D eigenvalue weighted by Gasteiger charge is 2.16. The molecule has 1 aromatic carbocycles. The van der Waals surface area contributed by atoms with Gasteiger partial charge in [-0.2, -0.15) is 0 Å². The lowest BCUT2D eigenvalue weighted by Crippen LogP contribution is -2.41. The number of amides is 2. The third-order valence-electron chi connectivity index (χ3n) is 4.25. The van der Waals surface area contributed by atoms with E-state index in [4.69, 9.17) is 4.74 Å². The van der Waals surface area contributed by atoms with Crippen molar-refractivity contribution in [3.63, 3.8) is 0 Å². The van der Waals surface area contributed by atoms with Crippen LogP contribution in [0.3, 0.4) is 0 Å². The Hall–Kier alpha value is -1.73. The molecule has 1 fully saturated rings. The molecule has 0 spiro atoms. The molecule has 0 aliphatic carbocycles. The summed E-state index contributed by atoms with van der Waals surface area (Å²) in [5, 5.41) is 2.94. The number of para-hydroxylation sites is 1. The lowest BCUT2D eigenvalue weighted by atomic mass is 10.2. The molecule has 0 atom stereocenters. The standard InChI is InChI=1S/C19H29N3O3S/c1-2-21(17-7-4-3-5-8-17)10-6-9-20-18(23)15-26-16-19(24)22-11-13-25-14-12-22/h3-5,7-8H,2,6,9-16H2,1H3,(H,20,23). The summed E-state index contributed by atoms with van der Waals surface area (Å²) in [5.74, 6) is 0.761. The van der Waals surface area contributed by atoms with E-state index in [2.05, 4.69) is 29.3 Å². The van der Waals surface area contributed by atoms with Gasteiger partial charge in [0.1, 0.15) is 0 Å². The molecular formula is C19H29N3O3S. The number of hydrogen-bond acceptors (Lipinski definition) is 5. The fraction of sp³-hybridized carbons (Fsp3) is 0.579. The number of hydrogen-bond donors (Lipinski definition) is 1. The zero-order valence-electron chi connectivity index (χ0n) is 15.5. The van der Waals surface area contributed by atoms with Crippen molar-refractivity contribution >= 4 is 29.3 Å². The number of nitrogens with one attached hydrogen (secondary N) is 1. The van der Waals surface area contributed by atoms with Crippen LogP contribution in [0.5, 0.6) is 0 Å². The molecule has 2 amide bonds. The van der Waals surface area contributed by atoms with Crippen molar-refractivity contribution in [2.75, 3.05) is 62.3 Å². The predicted molar refractivity (Wildman–Crippen MR) is 107 cm³/mol. The number of carbonyl (C=O) groups is 2. The maximum absolute atomic E-state index is 12.0. The van der Waals surface area contributed by atoms with E-state index in [9.17, 15) is 9.59 Å². The maximum atomic E-state index is 12.0. The average Bonchev–Trinajstić information content (AvgIpc) is 2.69. The number of benzene rings is 1. The first kappa shape index (κ1) is 20.6. The molecule has 0 unspecified atom stereocenters. The van der Waals surface area contributed by atoms with E-state index in [0.29, 0.717) is 44.4 Å². The zero-order valence-corrected chi connectivity index (χ0v) is 16.3. The van der Waals surface area contributed by atoms with E-state index in [1.165, 1.54) is 17.4 Å². The molecule has 144 valence electrons. The maximum Gasteiger partial charge on any atom is 0.232 e. The van der Waals surface area contributed by atoms with Gasteiger partial charge in [0.2, 0.25) is 11.8 Å². The fourth-order valence-corrected chi connectivity index (χ4v) is 3.54. The third-order valence-corrected chi connectivity index (χ3v) is 5.17. The minimum absolute atomic E-state index is 0.00691. The third kappa shape index (κ3) is 7.25. The number of thioether (sulfide) groups is 1. The van der Waals surface area contributed by atoms with Crippen LogP contribution in [0, 0.1) is 0 Å². The Kier molecular flexibility index (Phi) is 9.34. The summed E-state index contributed by atoms with van der Waals surface area (Å²) in [6.45, 7) is 7.15. The summed E-state index contributed by atoms with van der Waals surface area (Å²) in [7, 11) is 0. The van der Waals surface area contributed by atoms with Gasteiger partial charge in [0.25, 0.3) is 0 Å². The summed E-state index contributed by atoms with van der Waals surface area (Å²) in [6.07, 6.45) is 0.895. The van der Waals surface area contributed by atoms with Crippen LogP contribution in [0.4, 0.5) is 5.69 Å². The van der Waals surface area contributed by atoms with E-state index in [1.807, 2.05) is 18.2 Å². The van der Waals surface area contributed by atoms with Crippen molar-refractivity contribution in [2.24, 2.45) is 0 Å². The molecule has 1 heterocycles. The molecule has 0 aromatic heterocycles. The van der Waals surface area contributed by atoms with Gasteiger partial charge >= 0.3 is 0 Å². The van der Waals surface area contributed by atoms with Crippen molar-refractivity contribution in [1.82, 2.24) is 10.2 Å². The van der Waals surface area contributed by atoms with Crippen LogP contribution < -0.4 is 10.2 Å². The smallest absolute Gasteiger partial charge is 0.232 e. The molecule has 0 radical (unpaired) electrons. The van der Waals surface area contributed by atoms with Crippen LogP contribution in [0.2, 0.25) is 0 Å². The Morgan fingerprint density at radius 3 is 2.62 bits per heavy atom. The van der Waals surface area contributed by atoms with Crippen molar-refractivity contribution in [1.29, 1.82) is 0 Å². The molecule has 1 aliphatic rings. The van der Waals surface area contributed by atoms with Gasteiger partial charge in [0.15, 0.2) is 0 Å². The molecule has 0 bridgehead atoms. The fourth-order valence-electron chi connectivity index (χ4n) is 2.79. The summed E-state index contributed by atoms with van der Waals surface area (Å²) in [6, 6.07) is 10.3. The number of ether oxygens (including phenoxy) is 1. The summed E-state index contributed by atoms with van der Waals surface area (Å²) in [5.41, 5.74) is 1.21. The SMILES string of the molecule is CCN(CCCNC(=O)CSCC(=O)N1CCOCC1)c1ccccc1. The monoisotopic (exact) mass is 379 g/mol. The summed E-state index contributed by atoms with van der Waals surface area (Å²) >= 11 is 1.37. The van der Waals surface area contributed by atoms with Crippen molar-refractivity contribution in [3.05, 3.63) is 30.3 Å². The first-order valence-electron chi connectivity index (χ1n) is 9.20. The van der Waals surface area contributed by atoms with E-state index < -0.39 is 0 Å². The molecule has 1 aromatic rings. The summed E-state index contributed by atoms with van der Waals surface area (Å²) in [4.78, 5) is 28.0. The lowest BCUT2D eigenvalue weighted by molar-refractivity contribution is -0.132. The highest BCUT2D eigenvalue weighted by atomic mass is 32.2. The second-order valence-corrected chi connectivity index (χ2v) is 7.09. The van der Waals surface area contributed by atoms with Gasteiger partial charge < -0.3 is 19.9 Å². The van der Waals surface area contributed by atoms with Gasteiger partial charge in [0, 0.05) is 38.4 Å². The lowest BCUT2D eigenvalue weighted by Gasteiger charge is -2.26. The highest BCUT2D eigenvalue weighted by molar-refractivity contribution is 8.00. The number of nitrogens with zero attached hydrogens (tertiary/aromatic N) is 2. The van der Waals surface area contributed by atoms with Gasteiger partial charge in [-0.1, -0.05) is 18.2 Å². The van der Waals surface area contributed by atoms with E-state index in [1.54, 1.807) is 4.90 Å². The van der Waals surface area contributed by atoms with Gasteiger partial charge in [-0.15, -0.1) is 11.8 Å². The number of rotatable bonds is 10. The minimum Gasteiger partial charge on any atom is -0.378 e. The van der Waals surface area contributed by atoms with Crippen molar-refractivity contribution < 1.29 is 14.3 Å². The molecule has 1 saturated heterocycles. The van der Waals surface area contributed by atoms with Gasteiger partial charge in [-0.25, -0.2) is 0 Å². The van der Waals surface area contributed by atoms with E-state index >= 15 is 0 Å². The number of morpholine rings is 1. The number of anilines is 1. The van der Waals surface area contributed by atoms with Gasteiger partial charge in [-0.3, -0.25) is 9.59 Å². The first-order valence-corrected chi connectivity index (χ1v) is 10.4. The van der Waals surface area contributed by atoms with Crippen LogP contribution in [0.15, 0.2) is 30.3 Å². The molecule has 2 rings (SSSR count). The molecule has 0 saturated carbocycles. The molecular weight excluding hydrogens is 350 g/mol. The Balaban J connectivity index is 1.55. The molecule has 1 aliphatic heterocycles. The summed E-state index contributed by atoms with van der Waals surface area (Å²) < 4.78 is 5.23. The van der Waals surface area contributed by atoms with Crippen LogP contribution >= 0.6 is 11.8 Å². The molecule has 26 heavy (non-hydrogen) atoms. The van der Waals surface area contributed by atoms with Crippen LogP contribution in [-0.4, -0.2) is 74.2 Å². The van der Waals surface area contributed by atoms with Gasteiger partial charge in [0.05, 0.1) is 24.7 Å². The molecule has 1 N–H and O–H groups in total. The van der Waals surface area contributed by atoms with Crippen LogP contribution in [0.1, 0.15) is 13.3 Å². The van der Waals surface area contributed by atoms with Crippen LogP contribution in [-0.2, 0) is 14.3 Å². The average molecular weight is 380 g/mol. The van der Waals surface area contributed by atoms with Crippen molar-refractivity contribution in [2.45, 2.75) is 13.3 Å². The van der Waals surface area contributed by atoms with E-state index in [-0.39, 0.29) is 11.8 Å². The quantitative estimate of drug-likeness (QED) is 0.626. The van der Waals surface area contributed by atoms with Gasteiger partial charge in [-0.05, 0) is 25.5 Å². The number of carbonyl (C=O) groups excluding carboxylic acids is 2. The van der Waals surface area contributed by atoms with Crippen molar-refractivity contribution in [3.8, 4) is 0 Å². The first-order chi connectivity index (χ1) is 12.7. The Morgan fingerprint density at radius 2 is 1.92 bits per heavy atom. The Labute approximate surface area is 160 Å². The highest BCUT2D eigenvalue weighted by Crippen LogP contribution is 2.12. The largest absolute Gasteiger partial charge is 0.378 e. The second-order valence-electron chi connectivity index (χ2n) is 6.10. The topological polar surface area (TPSA) is 61.9 Å². The predicted octanol–water partition coefficient (Wildman–Crippen LogP) is 1.61. The minimum atomic E-state index is -0.00691. The van der Waals surface area contributed by atoms with Crippen LogP contribution in [0.25, 0.3) is 0 Å². The normalized spacial score (nSPS) is 14.1.